The molecule has 5 heteroatoms. The molecule has 0 spiro atoms. The first kappa shape index (κ1) is 10.8. The molecule has 0 aliphatic rings. The number of benzene rings is 1. The molecular weight excluding hydrogens is 226 g/mol. The molecule has 0 unspecified atom stereocenters. The predicted molar refractivity (Wildman–Crippen MR) is 62.3 cm³/mol. The number of nitro benzene ring substituents is 1. The van der Waals surface area contributed by atoms with Gasteiger partial charge in [0.25, 0.3) is 5.69 Å². The molecule has 0 atom stereocenters. The highest BCUT2D eigenvalue weighted by atomic mass is 32.1. The van der Waals surface area contributed by atoms with Crippen molar-refractivity contribution >= 4 is 17.0 Å². The van der Waals surface area contributed by atoms with E-state index in [1.54, 1.807) is 6.07 Å². The van der Waals surface area contributed by atoms with Crippen molar-refractivity contribution in [3.63, 3.8) is 0 Å². The Bertz CT molecular complexity index is 521. The average molecular weight is 235 g/mol. The third kappa shape index (κ3) is 2.10. The maximum absolute atomic E-state index is 10.6. The molecule has 1 heterocycles. The Kier molecular flexibility index (Phi) is 2.98. The third-order valence-electron chi connectivity index (χ3n) is 2.16. The first-order valence-corrected chi connectivity index (χ1v) is 5.47. The molecule has 1 N–H and O–H groups in total. The van der Waals surface area contributed by atoms with E-state index in [4.69, 9.17) is 5.11 Å². The molecule has 1 aromatic heterocycles. The Hall–Kier alpha value is -1.72. The van der Waals surface area contributed by atoms with Gasteiger partial charge in [0.2, 0.25) is 0 Å². The zero-order valence-corrected chi connectivity index (χ0v) is 9.11. The molecule has 0 fully saturated rings. The topological polar surface area (TPSA) is 63.4 Å². The normalized spacial score (nSPS) is 10.3. The van der Waals surface area contributed by atoms with Gasteiger partial charge in [-0.2, -0.15) is 0 Å². The SMILES string of the molecule is O=[N+]([O-])c1cccc(-c2ccc(CO)s2)c1. The van der Waals surface area contributed by atoms with Crippen molar-refractivity contribution in [3.8, 4) is 10.4 Å². The van der Waals surface area contributed by atoms with E-state index >= 15 is 0 Å². The van der Waals surface area contributed by atoms with Crippen LogP contribution in [0.4, 0.5) is 5.69 Å². The molecule has 0 amide bonds. The zero-order valence-electron chi connectivity index (χ0n) is 8.29. The van der Waals surface area contributed by atoms with Crippen LogP contribution in [0.25, 0.3) is 10.4 Å². The molecule has 4 nitrogen and oxygen atoms in total. The number of nitro groups is 1. The largest absolute Gasteiger partial charge is 0.391 e. The van der Waals surface area contributed by atoms with Crippen LogP contribution in [0.2, 0.25) is 0 Å². The van der Waals surface area contributed by atoms with E-state index in [2.05, 4.69) is 0 Å². The number of aliphatic hydroxyl groups excluding tert-OH is 1. The van der Waals surface area contributed by atoms with Crippen LogP contribution >= 0.6 is 11.3 Å². The monoisotopic (exact) mass is 235 g/mol. The fraction of sp³-hybridized carbons (Fsp3) is 0.0909. The predicted octanol–water partition coefficient (Wildman–Crippen LogP) is 2.82. The number of aliphatic hydroxyl groups is 1. The van der Waals surface area contributed by atoms with Crippen molar-refractivity contribution in [1.82, 2.24) is 0 Å². The summed E-state index contributed by atoms with van der Waals surface area (Å²) in [6.07, 6.45) is 0. The first-order valence-electron chi connectivity index (χ1n) is 4.65. The van der Waals surface area contributed by atoms with E-state index < -0.39 is 4.92 Å². The second-order valence-corrected chi connectivity index (χ2v) is 4.40. The van der Waals surface area contributed by atoms with Crippen molar-refractivity contribution in [2.24, 2.45) is 0 Å². The van der Waals surface area contributed by atoms with E-state index in [0.29, 0.717) is 0 Å². The summed E-state index contributed by atoms with van der Waals surface area (Å²) in [5, 5.41) is 19.6. The Morgan fingerprint density at radius 2 is 2.12 bits per heavy atom. The molecule has 0 saturated heterocycles. The molecule has 1 aromatic carbocycles. The van der Waals surface area contributed by atoms with E-state index in [1.165, 1.54) is 23.5 Å². The summed E-state index contributed by atoms with van der Waals surface area (Å²) in [4.78, 5) is 12.0. The van der Waals surface area contributed by atoms with Crippen molar-refractivity contribution < 1.29 is 10.0 Å². The molecule has 82 valence electrons. The zero-order chi connectivity index (χ0) is 11.5. The highest BCUT2D eigenvalue weighted by Crippen LogP contribution is 2.30. The molecule has 0 bridgehead atoms. The maximum Gasteiger partial charge on any atom is 0.270 e. The summed E-state index contributed by atoms with van der Waals surface area (Å²) in [5.41, 5.74) is 0.885. The van der Waals surface area contributed by atoms with Crippen molar-refractivity contribution in [1.29, 1.82) is 0 Å². The number of rotatable bonds is 3. The Morgan fingerprint density at radius 3 is 2.75 bits per heavy atom. The van der Waals surface area contributed by atoms with Crippen molar-refractivity contribution in [2.75, 3.05) is 0 Å². The van der Waals surface area contributed by atoms with Gasteiger partial charge in [-0.25, -0.2) is 0 Å². The fourth-order valence-corrected chi connectivity index (χ4v) is 2.25. The Morgan fingerprint density at radius 1 is 1.31 bits per heavy atom. The van der Waals surface area contributed by atoms with Crippen LogP contribution in [0, 0.1) is 10.1 Å². The Balaban J connectivity index is 2.40. The van der Waals surface area contributed by atoms with E-state index in [0.717, 1.165) is 15.3 Å². The van der Waals surface area contributed by atoms with Gasteiger partial charge in [0.15, 0.2) is 0 Å². The van der Waals surface area contributed by atoms with Crippen LogP contribution in [-0.4, -0.2) is 10.0 Å². The van der Waals surface area contributed by atoms with Gasteiger partial charge < -0.3 is 5.11 Å². The number of thiophene rings is 1. The standard InChI is InChI=1S/C11H9NO3S/c13-7-10-4-5-11(16-10)8-2-1-3-9(6-8)12(14)15/h1-6,13H,7H2. The highest BCUT2D eigenvalue weighted by Gasteiger charge is 2.08. The highest BCUT2D eigenvalue weighted by molar-refractivity contribution is 7.15. The van der Waals surface area contributed by atoms with Crippen LogP contribution in [0.3, 0.4) is 0 Å². The number of nitrogens with zero attached hydrogens (tertiary/aromatic N) is 1. The van der Waals surface area contributed by atoms with E-state index in [9.17, 15) is 10.1 Å². The molecule has 0 aliphatic heterocycles. The van der Waals surface area contributed by atoms with E-state index in [-0.39, 0.29) is 12.3 Å². The fourth-order valence-electron chi connectivity index (χ4n) is 1.39. The van der Waals surface area contributed by atoms with Crippen LogP contribution in [0.1, 0.15) is 4.88 Å². The van der Waals surface area contributed by atoms with Gasteiger partial charge in [0, 0.05) is 21.9 Å². The van der Waals surface area contributed by atoms with Crippen molar-refractivity contribution in [3.05, 3.63) is 51.4 Å². The van der Waals surface area contributed by atoms with E-state index in [1.807, 2.05) is 18.2 Å². The summed E-state index contributed by atoms with van der Waals surface area (Å²) in [7, 11) is 0. The number of hydrogen-bond donors (Lipinski definition) is 1. The second kappa shape index (κ2) is 4.42. The second-order valence-electron chi connectivity index (χ2n) is 3.23. The van der Waals surface area contributed by atoms with Gasteiger partial charge in [-0.3, -0.25) is 10.1 Å². The van der Waals surface area contributed by atoms with Crippen LogP contribution in [0.5, 0.6) is 0 Å². The molecular formula is C11H9NO3S. The molecule has 0 saturated carbocycles. The quantitative estimate of drug-likeness (QED) is 0.657. The molecule has 0 aliphatic carbocycles. The molecule has 2 aromatic rings. The summed E-state index contributed by atoms with van der Waals surface area (Å²) < 4.78 is 0. The number of hydrogen-bond acceptors (Lipinski definition) is 4. The van der Waals surface area contributed by atoms with Gasteiger partial charge in [-0.1, -0.05) is 12.1 Å². The summed E-state index contributed by atoms with van der Waals surface area (Å²) >= 11 is 1.43. The third-order valence-corrected chi connectivity index (χ3v) is 3.28. The minimum Gasteiger partial charge on any atom is -0.391 e. The van der Waals surface area contributed by atoms with Gasteiger partial charge in [-0.15, -0.1) is 11.3 Å². The maximum atomic E-state index is 10.6. The smallest absolute Gasteiger partial charge is 0.270 e. The van der Waals surface area contributed by atoms with Crippen LogP contribution < -0.4 is 0 Å². The van der Waals surface area contributed by atoms with Crippen molar-refractivity contribution in [2.45, 2.75) is 6.61 Å². The van der Waals surface area contributed by atoms with Crippen LogP contribution in [-0.2, 0) is 6.61 Å². The lowest BCUT2D eigenvalue weighted by Crippen LogP contribution is -1.87. The minimum absolute atomic E-state index is 0.000403. The van der Waals surface area contributed by atoms with Gasteiger partial charge >= 0.3 is 0 Å². The van der Waals surface area contributed by atoms with Gasteiger partial charge in [0.1, 0.15) is 0 Å². The number of non-ortho nitro benzene ring substituents is 1. The van der Waals surface area contributed by atoms with Gasteiger partial charge in [-0.05, 0) is 17.7 Å². The minimum atomic E-state index is -0.413. The first-order chi connectivity index (χ1) is 7.70. The summed E-state index contributed by atoms with van der Waals surface area (Å²) in [5.74, 6) is 0. The lowest BCUT2D eigenvalue weighted by atomic mass is 10.2. The lowest BCUT2D eigenvalue weighted by Gasteiger charge is -1.96. The van der Waals surface area contributed by atoms with Crippen LogP contribution in [0.15, 0.2) is 36.4 Å². The summed E-state index contributed by atoms with van der Waals surface area (Å²) in [6.45, 7) is -0.000403. The molecule has 16 heavy (non-hydrogen) atoms. The summed E-state index contributed by atoms with van der Waals surface area (Å²) in [6, 6.07) is 10.1. The Labute approximate surface area is 95.9 Å². The lowest BCUT2D eigenvalue weighted by molar-refractivity contribution is -0.384. The van der Waals surface area contributed by atoms with Gasteiger partial charge in [0.05, 0.1) is 11.5 Å². The average Bonchev–Trinajstić information content (AvgIpc) is 2.77. The molecule has 0 radical (unpaired) electrons. The molecule has 2 rings (SSSR count).